The van der Waals surface area contributed by atoms with E-state index in [-0.39, 0.29) is 6.71 Å². The lowest BCUT2D eigenvalue weighted by atomic mass is 9.36. The smallest absolute Gasteiger partial charge is 0.264 e. The van der Waals surface area contributed by atoms with E-state index < -0.39 is 0 Å². The monoisotopic (exact) mass is 675 g/mol. The van der Waals surface area contributed by atoms with Crippen LogP contribution < -0.4 is 30.4 Å². The Balaban J connectivity index is 1.24. The molecule has 51 heavy (non-hydrogen) atoms. The molecular weight excluding hydrogens is 637 g/mol. The largest absolute Gasteiger partial charge is 0.311 e. The lowest BCUT2D eigenvalue weighted by Crippen LogP contribution is -2.60. The summed E-state index contributed by atoms with van der Waals surface area (Å²) in [4.78, 5) is 9.08. The molecule has 2 aliphatic heterocycles. The molecule has 0 radical (unpaired) electrons. The summed E-state index contributed by atoms with van der Waals surface area (Å²) in [5.41, 5.74) is 17.9. The minimum absolute atomic E-state index is 0.151. The van der Waals surface area contributed by atoms with E-state index in [2.05, 4.69) is 185 Å². The molecule has 10 rings (SSSR count). The maximum atomic E-state index is 2.59. The molecule has 7 aromatic rings. The van der Waals surface area contributed by atoms with Gasteiger partial charge < -0.3 is 14.7 Å². The zero-order valence-corrected chi connectivity index (χ0v) is 29.8. The summed E-state index contributed by atoms with van der Waals surface area (Å²) in [6, 6.07) is 54.0. The number of aryl methyl sites for hydroxylation is 3. The molecule has 0 atom stereocenters. The summed E-state index contributed by atoms with van der Waals surface area (Å²) < 4.78 is 1.49. The fourth-order valence-corrected chi connectivity index (χ4v) is 10.1. The van der Waals surface area contributed by atoms with Gasteiger partial charge in [-0.2, -0.15) is 11.3 Å². The second-order valence-corrected chi connectivity index (χ2v) is 15.3. The molecule has 3 aliphatic rings. The van der Waals surface area contributed by atoms with Crippen LogP contribution in [0.2, 0.25) is 0 Å². The standard InChI is InChI=1S/C46H38BN3S/c1-31-20-24-35(25-21-31)48(36-26-22-32(2)23-27-36)37-28-29-39-42(30-37)49(33-12-5-3-6-13-33)40-17-11-18-41-44(40)47(39)46-45(38-16-9-10-19-43(38)51-46)50(41)34-14-7-4-8-15-34/h3-8,11-15,17-18,20-30H,9-10,16,19H2,1-2H3. The Hall–Kier alpha value is -5.52. The van der Waals surface area contributed by atoms with Crippen molar-refractivity contribution in [3.05, 3.63) is 167 Å². The molecule has 3 nitrogen and oxygen atoms in total. The van der Waals surface area contributed by atoms with Crippen molar-refractivity contribution in [3.8, 4) is 0 Å². The van der Waals surface area contributed by atoms with Gasteiger partial charge in [-0.25, -0.2) is 0 Å². The molecule has 0 bridgehead atoms. The quantitative estimate of drug-likeness (QED) is 0.168. The van der Waals surface area contributed by atoms with Crippen molar-refractivity contribution in [2.75, 3.05) is 14.7 Å². The van der Waals surface area contributed by atoms with Gasteiger partial charge in [-0.05, 0) is 129 Å². The Morgan fingerprint density at radius 2 is 1.12 bits per heavy atom. The van der Waals surface area contributed by atoms with Crippen molar-refractivity contribution < 1.29 is 0 Å². The molecule has 0 saturated heterocycles. The van der Waals surface area contributed by atoms with Crippen molar-refractivity contribution in [1.82, 2.24) is 0 Å². The number of hydrogen-bond acceptors (Lipinski definition) is 4. The molecule has 1 aliphatic carbocycles. The molecule has 3 heterocycles. The fourth-order valence-electron chi connectivity index (χ4n) is 8.56. The minimum atomic E-state index is 0.151. The summed E-state index contributed by atoms with van der Waals surface area (Å²) in [7, 11) is 0. The number of benzene rings is 6. The summed E-state index contributed by atoms with van der Waals surface area (Å²) in [6.07, 6.45) is 4.86. The van der Waals surface area contributed by atoms with E-state index in [0.29, 0.717) is 0 Å². The van der Waals surface area contributed by atoms with Crippen LogP contribution in [0.15, 0.2) is 146 Å². The van der Waals surface area contributed by atoms with E-state index in [1.807, 2.05) is 0 Å². The van der Waals surface area contributed by atoms with Crippen LogP contribution in [0.1, 0.15) is 34.4 Å². The van der Waals surface area contributed by atoms with Gasteiger partial charge in [-0.1, -0.05) is 83.9 Å². The predicted octanol–water partition coefficient (Wildman–Crippen LogP) is 10.8. The zero-order chi connectivity index (χ0) is 34.1. The first-order chi connectivity index (χ1) is 25.1. The van der Waals surface area contributed by atoms with E-state index >= 15 is 0 Å². The second kappa shape index (κ2) is 12.1. The lowest BCUT2D eigenvalue weighted by molar-refractivity contribution is 0.697. The highest BCUT2D eigenvalue weighted by atomic mass is 32.1. The number of thiophene rings is 1. The van der Waals surface area contributed by atoms with Crippen LogP contribution in [0.25, 0.3) is 0 Å². The van der Waals surface area contributed by atoms with Gasteiger partial charge in [0.2, 0.25) is 0 Å². The molecule has 0 spiro atoms. The van der Waals surface area contributed by atoms with Crippen molar-refractivity contribution in [2.24, 2.45) is 0 Å². The molecule has 1 aromatic heterocycles. The van der Waals surface area contributed by atoms with Crippen LogP contribution in [0, 0.1) is 13.8 Å². The van der Waals surface area contributed by atoms with Gasteiger partial charge in [0, 0.05) is 55.2 Å². The summed E-state index contributed by atoms with van der Waals surface area (Å²) >= 11 is 2.07. The van der Waals surface area contributed by atoms with Crippen LogP contribution in [-0.4, -0.2) is 6.71 Å². The number of nitrogens with zero attached hydrogens (tertiary/aromatic N) is 3. The van der Waals surface area contributed by atoms with Gasteiger partial charge >= 0.3 is 0 Å². The van der Waals surface area contributed by atoms with E-state index in [9.17, 15) is 0 Å². The highest BCUT2D eigenvalue weighted by molar-refractivity contribution is 7.29. The second-order valence-electron chi connectivity index (χ2n) is 14.2. The van der Waals surface area contributed by atoms with Gasteiger partial charge in [-0.3, -0.25) is 0 Å². The number of para-hydroxylation sites is 2. The predicted molar refractivity (Wildman–Crippen MR) is 219 cm³/mol. The Morgan fingerprint density at radius 3 is 1.76 bits per heavy atom. The van der Waals surface area contributed by atoms with Gasteiger partial charge in [0.15, 0.2) is 0 Å². The third-order valence-corrected chi connectivity index (χ3v) is 12.3. The molecule has 0 unspecified atom stereocenters. The minimum Gasteiger partial charge on any atom is -0.311 e. The molecule has 0 amide bonds. The van der Waals surface area contributed by atoms with Crippen LogP contribution in [0.5, 0.6) is 0 Å². The van der Waals surface area contributed by atoms with Crippen molar-refractivity contribution >= 4 is 84.9 Å². The fraction of sp³-hybridized carbons (Fsp3) is 0.130. The first kappa shape index (κ1) is 30.3. The van der Waals surface area contributed by atoms with Gasteiger partial charge in [0.1, 0.15) is 0 Å². The van der Waals surface area contributed by atoms with Crippen molar-refractivity contribution in [1.29, 1.82) is 0 Å². The van der Waals surface area contributed by atoms with E-state index in [1.165, 1.54) is 80.2 Å². The van der Waals surface area contributed by atoms with E-state index in [0.717, 1.165) is 23.5 Å². The van der Waals surface area contributed by atoms with Crippen LogP contribution in [0.3, 0.4) is 0 Å². The molecule has 0 N–H and O–H groups in total. The highest BCUT2D eigenvalue weighted by Crippen LogP contribution is 2.49. The maximum Gasteiger partial charge on any atom is 0.264 e. The average molecular weight is 676 g/mol. The Bertz CT molecular complexity index is 2360. The molecule has 5 heteroatoms. The molecule has 0 fully saturated rings. The molecule has 6 aromatic carbocycles. The number of rotatable bonds is 5. The lowest BCUT2D eigenvalue weighted by Gasteiger charge is -2.43. The number of hydrogen-bond donors (Lipinski definition) is 0. The molecule has 246 valence electrons. The average Bonchev–Trinajstić information content (AvgIpc) is 3.56. The third kappa shape index (κ3) is 4.86. The first-order valence-electron chi connectivity index (χ1n) is 18.2. The zero-order valence-electron chi connectivity index (χ0n) is 29.0. The summed E-state index contributed by atoms with van der Waals surface area (Å²) in [5.74, 6) is 0. The Labute approximate surface area is 305 Å². The van der Waals surface area contributed by atoms with Crippen molar-refractivity contribution in [2.45, 2.75) is 39.5 Å². The Kier molecular flexibility index (Phi) is 7.18. The first-order valence-corrected chi connectivity index (χ1v) is 19.0. The van der Waals surface area contributed by atoms with Crippen LogP contribution in [-0.2, 0) is 12.8 Å². The summed E-state index contributed by atoms with van der Waals surface area (Å²) in [5, 5.41) is 0. The Morgan fingerprint density at radius 1 is 0.549 bits per heavy atom. The number of fused-ring (bicyclic) bond motifs is 6. The van der Waals surface area contributed by atoms with E-state index in [4.69, 9.17) is 0 Å². The summed E-state index contributed by atoms with van der Waals surface area (Å²) in [6.45, 7) is 4.46. The van der Waals surface area contributed by atoms with Gasteiger partial charge in [0.25, 0.3) is 6.71 Å². The number of anilines is 9. The maximum absolute atomic E-state index is 2.59. The molecule has 0 saturated carbocycles. The van der Waals surface area contributed by atoms with Gasteiger partial charge in [-0.15, -0.1) is 0 Å². The SMILES string of the molecule is Cc1ccc(N(c2ccc(C)cc2)c2ccc3c(c2)N(c2ccccc2)c2cccc4c2B3c2sc3c(c2N4c2ccccc2)CCCC3)cc1. The van der Waals surface area contributed by atoms with Crippen molar-refractivity contribution in [3.63, 3.8) is 0 Å². The normalized spacial score (nSPS) is 14.0. The highest BCUT2D eigenvalue weighted by Gasteiger charge is 2.46. The molecular formula is C46H38BN3S. The van der Waals surface area contributed by atoms with E-state index in [1.54, 1.807) is 10.4 Å². The van der Waals surface area contributed by atoms with Crippen LogP contribution in [0.4, 0.5) is 51.2 Å². The third-order valence-electron chi connectivity index (χ3n) is 10.9. The topological polar surface area (TPSA) is 9.72 Å². The van der Waals surface area contributed by atoms with Crippen LogP contribution >= 0.6 is 11.3 Å². The van der Waals surface area contributed by atoms with Gasteiger partial charge in [0.05, 0.1) is 5.69 Å².